The van der Waals surface area contributed by atoms with Crippen molar-refractivity contribution >= 4 is 22.9 Å². The number of carbonyl (C=O) groups excluding carboxylic acids is 1. The number of rotatable bonds is 6. The molecule has 0 aliphatic rings. The minimum atomic E-state index is -0.380. The maximum absolute atomic E-state index is 12.7. The third-order valence-corrected chi connectivity index (χ3v) is 4.36. The molecule has 134 valence electrons. The Bertz CT molecular complexity index is 1000. The molecule has 1 N–H and O–H groups in total. The lowest BCUT2D eigenvalue weighted by Crippen LogP contribution is -2.29. The van der Waals surface area contributed by atoms with Gasteiger partial charge < -0.3 is 5.32 Å². The standard InChI is InChI=1S/C23H21N3O/c1-2-8-21(17-9-4-3-5-10-17)26-23(27)19(16-24)15-20-14-13-18-11-6-7-12-22(18)25-20/h3-7,9-15,21H,2,8H2,1H3,(H,26,27). The number of hydrogen-bond acceptors (Lipinski definition) is 3. The molecule has 0 bridgehead atoms. The lowest BCUT2D eigenvalue weighted by atomic mass is 10.0. The molecule has 2 aromatic carbocycles. The van der Waals surface area contributed by atoms with Crippen LogP contribution in [0.15, 0.2) is 72.3 Å². The average Bonchev–Trinajstić information content (AvgIpc) is 2.72. The highest BCUT2D eigenvalue weighted by Crippen LogP contribution is 2.19. The zero-order valence-electron chi connectivity index (χ0n) is 15.2. The average molecular weight is 355 g/mol. The van der Waals surface area contributed by atoms with Crippen molar-refractivity contribution in [3.8, 4) is 6.07 Å². The van der Waals surface area contributed by atoms with Gasteiger partial charge in [0.25, 0.3) is 5.91 Å². The SMILES string of the molecule is CCCC(NC(=O)C(C#N)=Cc1ccc2ccccc2n1)c1ccccc1. The Balaban J connectivity index is 1.83. The molecule has 0 saturated carbocycles. The highest BCUT2D eigenvalue weighted by molar-refractivity contribution is 6.01. The van der Waals surface area contributed by atoms with Crippen LogP contribution in [0.5, 0.6) is 0 Å². The molecule has 0 saturated heterocycles. The largest absolute Gasteiger partial charge is 0.345 e. The van der Waals surface area contributed by atoms with Crippen molar-refractivity contribution in [2.24, 2.45) is 0 Å². The van der Waals surface area contributed by atoms with E-state index in [0.717, 1.165) is 29.3 Å². The summed E-state index contributed by atoms with van der Waals surface area (Å²) in [6.07, 6.45) is 3.27. The fourth-order valence-electron chi connectivity index (χ4n) is 2.99. The van der Waals surface area contributed by atoms with Gasteiger partial charge in [-0.05, 0) is 30.2 Å². The van der Waals surface area contributed by atoms with Crippen LogP contribution >= 0.6 is 0 Å². The highest BCUT2D eigenvalue weighted by Gasteiger charge is 2.17. The van der Waals surface area contributed by atoms with Crippen molar-refractivity contribution in [2.45, 2.75) is 25.8 Å². The quantitative estimate of drug-likeness (QED) is 0.510. The van der Waals surface area contributed by atoms with E-state index in [1.165, 1.54) is 6.08 Å². The number of carbonyl (C=O) groups is 1. The fraction of sp³-hybridized carbons (Fsp3) is 0.174. The smallest absolute Gasteiger partial charge is 0.262 e. The molecule has 0 aliphatic carbocycles. The summed E-state index contributed by atoms with van der Waals surface area (Å²) in [4.78, 5) is 17.2. The van der Waals surface area contributed by atoms with E-state index >= 15 is 0 Å². The fourth-order valence-corrected chi connectivity index (χ4v) is 2.99. The summed E-state index contributed by atoms with van der Waals surface area (Å²) in [5, 5.41) is 13.5. The Morgan fingerprint density at radius 3 is 2.59 bits per heavy atom. The van der Waals surface area contributed by atoms with Crippen LogP contribution in [0.2, 0.25) is 0 Å². The van der Waals surface area contributed by atoms with Gasteiger partial charge in [-0.25, -0.2) is 4.98 Å². The van der Waals surface area contributed by atoms with E-state index in [2.05, 4.69) is 17.2 Å². The van der Waals surface area contributed by atoms with Crippen LogP contribution < -0.4 is 5.32 Å². The van der Waals surface area contributed by atoms with Gasteiger partial charge in [0.1, 0.15) is 11.6 Å². The molecule has 4 heteroatoms. The number of nitriles is 1. The number of amides is 1. The van der Waals surface area contributed by atoms with E-state index in [4.69, 9.17) is 0 Å². The molecule has 1 heterocycles. The monoisotopic (exact) mass is 355 g/mol. The highest BCUT2D eigenvalue weighted by atomic mass is 16.1. The number of nitrogens with one attached hydrogen (secondary N) is 1. The number of aromatic nitrogens is 1. The van der Waals surface area contributed by atoms with Gasteiger partial charge in [-0.3, -0.25) is 4.79 Å². The van der Waals surface area contributed by atoms with Crippen LogP contribution in [0, 0.1) is 11.3 Å². The molecule has 0 spiro atoms. The molecule has 27 heavy (non-hydrogen) atoms. The summed E-state index contributed by atoms with van der Waals surface area (Å²) in [5.74, 6) is -0.380. The first kappa shape index (κ1) is 18.3. The van der Waals surface area contributed by atoms with Gasteiger partial charge in [-0.15, -0.1) is 0 Å². The number of pyridine rings is 1. The number of nitrogens with zero attached hydrogens (tertiary/aromatic N) is 2. The van der Waals surface area contributed by atoms with Crippen molar-refractivity contribution in [1.82, 2.24) is 10.3 Å². The second-order valence-corrected chi connectivity index (χ2v) is 6.32. The predicted octanol–water partition coefficient (Wildman–Crippen LogP) is 4.80. The van der Waals surface area contributed by atoms with E-state index in [1.807, 2.05) is 72.8 Å². The number of hydrogen-bond donors (Lipinski definition) is 1. The summed E-state index contributed by atoms with van der Waals surface area (Å²) >= 11 is 0. The maximum Gasteiger partial charge on any atom is 0.262 e. The molecule has 0 radical (unpaired) electrons. The first-order chi connectivity index (χ1) is 13.2. The van der Waals surface area contributed by atoms with Crippen molar-refractivity contribution < 1.29 is 4.79 Å². The summed E-state index contributed by atoms with van der Waals surface area (Å²) in [6, 6.07) is 23.2. The molecule has 1 unspecified atom stereocenters. The van der Waals surface area contributed by atoms with Crippen molar-refractivity contribution in [3.63, 3.8) is 0 Å². The molecule has 3 rings (SSSR count). The molecule has 0 fully saturated rings. The van der Waals surface area contributed by atoms with Crippen molar-refractivity contribution in [3.05, 3.63) is 83.6 Å². The van der Waals surface area contributed by atoms with Crippen molar-refractivity contribution in [2.75, 3.05) is 0 Å². The van der Waals surface area contributed by atoms with E-state index in [9.17, 15) is 10.1 Å². The van der Waals surface area contributed by atoms with Gasteiger partial charge in [-0.1, -0.05) is 67.9 Å². The lowest BCUT2D eigenvalue weighted by molar-refractivity contribution is -0.117. The molecule has 0 aliphatic heterocycles. The summed E-state index contributed by atoms with van der Waals surface area (Å²) in [7, 11) is 0. The zero-order chi connectivity index (χ0) is 19.1. The van der Waals surface area contributed by atoms with E-state index in [0.29, 0.717) is 5.69 Å². The molecule has 1 atom stereocenters. The Morgan fingerprint density at radius 1 is 1.11 bits per heavy atom. The molecular formula is C23H21N3O. The second kappa shape index (κ2) is 8.77. The molecular weight excluding hydrogens is 334 g/mol. The van der Waals surface area contributed by atoms with Gasteiger partial charge in [0.15, 0.2) is 0 Å². The molecule has 4 nitrogen and oxygen atoms in total. The zero-order valence-corrected chi connectivity index (χ0v) is 15.2. The normalized spacial score (nSPS) is 12.4. The summed E-state index contributed by atoms with van der Waals surface area (Å²) in [6.45, 7) is 2.07. The summed E-state index contributed by atoms with van der Waals surface area (Å²) in [5.41, 5.74) is 2.51. The third kappa shape index (κ3) is 4.59. The topological polar surface area (TPSA) is 65.8 Å². The molecule has 3 aromatic rings. The van der Waals surface area contributed by atoms with Gasteiger partial charge in [0, 0.05) is 5.39 Å². The minimum Gasteiger partial charge on any atom is -0.345 e. The Hall–Kier alpha value is -3.45. The molecule has 1 aromatic heterocycles. The number of para-hydroxylation sites is 1. The van der Waals surface area contributed by atoms with Crippen LogP contribution in [-0.2, 0) is 4.79 Å². The second-order valence-electron chi connectivity index (χ2n) is 6.32. The van der Waals surface area contributed by atoms with Gasteiger partial charge >= 0.3 is 0 Å². The summed E-state index contributed by atoms with van der Waals surface area (Å²) < 4.78 is 0. The van der Waals surface area contributed by atoms with Crippen LogP contribution in [-0.4, -0.2) is 10.9 Å². The third-order valence-electron chi connectivity index (χ3n) is 4.36. The van der Waals surface area contributed by atoms with E-state index < -0.39 is 0 Å². The van der Waals surface area contributed by atoms with Crippen LogP contribution in [0.25, 0.3) is 17.0 Å². The van der Waals surface area contributed by atoms with Gasteiger partial charge in [0.2, 0.25) is 0 Å². The van der Waals surface area contributed by atoms with Gasteiger partial charge in [0.05, 0.1) is 17.3 Å². The van der Waals surface area contributed by atoms with E-state index in [1.54, 1.807) is 0 Å². The predicted molar refractivity (Wildman–Crippen MR) is 108 cm³/mol. The Labute approximate surface area is 159 Å². The Morgan fingerprint density at radius 2 is 1.85 bits per heavy atom. The van der Waals surface area contributed by atoms with Crippen LogP contribution in [0.1, 0.15) is 37.1 Å². The van der Waals surface area contributed by atoms with Crippen LogP contribution in [0.4, 0.5) is 0 Å². The maximum atomic E-state index is 12.7. The first-order valence-corrected chi connectivity index (χ1v) is 9.04. The van der Waals surface area contributed by atoms with Gasteiger partial charge in [-0.2, -0.15) is 5.26 Å². The van der Waals surface area contributed by atoms with E-state index in [-0.39, 0.29) is 17.5 Å². The number of fused-ring (bicyclic) bond motifs is 1. The van der Waals surface area contributed by atoms with Crippen molar-refractivity contribution in [1.29, 1.82) is 5.26 Å². The molecule has 1 amide bonds. The Kier molecular flexibility index (Phi) is 5.96. The number of benzene rings is 2. The first-order valence-electron chi connectivity index (χ1n) is 9.04. The minimum absolute atomic E-state index is 0.0508. The lowest BCUT2D eigenvalue weighted by Gasteiger charge is -2.18. The van der Waals surface area contributed by atoms with Crippen LogP contribution in [0.3, 0.4) is 0 Å².